The third-order valence-corrected chi connectivity index (χ3v) is 7.19. The minimum atomic E-state index is 0.358. The monoisotopic (exact) mass is 359 g/mol. The molecule has 0 radical (unpaired) electrons. The summed E-state index contributed by atoms with van der Waals surface area (Å²) in [4.78, 5) is 21.6. The SMILES string of the molecule is CN(Cc1nccs1)[C@@H]1CC12CCN(C(=O)CC1=CCCCC1)CC2. The molecule has 0 aromatic carbocycles. The van der Waals surface area contributed by atoms with Crippen molar-refractivity contribution in [1.29, 1.82) is 0 Å². The Morgan fingerprint density at radius 2 is 2.24 bits per heavy atom. The van der Waals surface area contributed by atoms with E-state index < -0.39 is 0 Å². The Kier molecular flexibility index (Phi) is 4.96. The van der Waals surface area contributed by atoms with Crippen LogP contribution in [-0.2, 0) is 11.3 Å². The van der Waals surface area contributed by atoms with Gasteiger partial charge in [-0.25, -0.2) is 4.98 Å². The predicted molar refractivity (Wildman–Crippen MR) is 101 cm³/mol. The van der Waals surface area contributed by atoms with E-state index in [4.69, 9.17) is 0 Å². The molecule has 1 atom stereocenters. The molecule has 136 valence electrons. The zero-order valence-corrected chi connectivity index (χ0v) is 16.1. The second-order valence-electron chi connectivity index (χ2n) is 8.09. The number of allylic oxidation sites excluding steroid dienone is 1. The third-order valence-electron chi connectivity index (χ3n) is 6.42. The number of carbonyl (C=O) groups is 1. The first-order valence-electron chi connectivity index (χ1n) is 9.71. The van der Waals surface area contributed by atoms with E-state index in [1.165, 1.54) is 49.1 Å². The first-order chi connectivity index (χ1) is 12.2. The van der Waals surface area contributed by atoms with Gasteiger partial charge in [-0.2, -0.15) is 0 Å². The van der Waals surface area contributed by atoms with Gasteiger partial charge in [0.2, 0.25) is 5.91 Å². The Hall–Kier alpha value is -1.20. The van der Waals surface area contributed by atoms with Gasteiger partial charge in [-0.1, -0.05) is 11.6 Å². The van der Waals surface area contributed by atoms with Gasteiger partial charge in [0.1, 0.15) is 5.01 Å². The molecule has 1 aromatic heterocycles. The van der Waals surface area contributed by atoms with Gasteiger partial charge in [0.05, 0.1) is 6.54 Å². The largest absolute Gasteiger partial charge is 0.342 e. The van der Waals surface area contributed by atoms with Crippen molar-refractivity contribution in [3.05, 3.63) is 28.2 Å². The van der Waals surface area contributed by atoms with Crippen LogP contribution in [0.2, 0.25) is 0 Å². The summed E-state index contributed by atoms with van der Waals surface area (Å²) in [5.41, 5.74) is 1.84. The molecule has 2 aliphatic carbocycles. The highest BCUT2D eigenvalue weighted by molar-refractivity contribution is 7.09. The summed E-state index contributed by atoms with van der Waals surface area (Å²) >= 11 is 1.74. The Morgan fingerprint density at radius 3 is 2.92 bits per heavy atom. The summed E-state index contributed by atoms with van der Waals surface area (Å²) in [7, 11) is 2.23. The molecule has 25 heavy (non-hydrogen) atoms. The highest BCUT2D eigenvalue weighted by Gasteiger charge is 2.56. The Bertz CT molecular complexity index is 631. The van der Waals surface area contributed by atoms with Crippen molar-refractivity contribution in [3.8, 4) is 0 Å². The molecule has 0 unspecified atom stereocenters. The van der Waals surface area contributed by atoms with Crippen molar-refractivity contribution in [2.45, 2.75) is 64.0 Å². The third kappa shape index (κ3) is 3.82. The minimum absolute atomic E-state index is 0.358. The van der Waals surface area contributed by atoms with Crippen LogP contribution in [0.4, 0.5) is 0 Å². The number of hydrogen-bond donors (Lipinski definition) is 0. The molecule has 2 heterocycles. The number of likely N-dealkylation sites (tertiary alicyclic amines) is 1. The van der Waals surface area contributed by atoms with E-state index in [9.17, 15) is 4.79 Å². The number of nitrogens with zero attached hydrogens (tertiary/aromatic N) is 3. The van der Waals surface area contributed by atoms with E-state index in [0.717, 1.165) is 26.1 Å². The summed E-state index contributed by atoms with van der Waals surface area (Å²) in [6.07, 6.45) is 13.3. The molecule has 4 nitrogen and oxygen atoms in total. The van der Waals surface area contributed by atoms with Crippen molar-refractivity contribution < 1.29 is 4.79 Å². The second kappa shape index (κ2) is 7.20. The maximum Gasteiger partial charge on any atom is 0.226 e. The first-order valence-corrected chi connectivity index (χ1v) is 10.6. The lowest BCUT2D eigenvalue weighted by Crippen LogP contribution is -2.41. The maximum absolute atomic E-state index is 12.6. The molecule has 1 aromatic rings. The maximum atomic E-state index is 12.6. The number of hydrogen-bond acceptors (Lipinski definition) is 4. The average Bonchev–Trinajstić information content (AvgIpc) is 3.08. The summed E-state index contributed by atoms with van der Waals surface area (Å²) in [5, 5.41) is 3.26. The standard InChI is InChI=1S/C20H29N3OS/c1-22(15-18-21-9-12-25-18)17-14-20(17)7-10-23(11-8-20)19(24)13-16-5-3-2-4-6-16/h5,9,12,17H,2-4,6-8,10-11,13-15H2,1H3/t17-/m1/s1. The van der Waals surface area contributed by atoms with Crippen molar-refractivity contribution >= 4 is 17.2 Å². The molecular weight excluding hydrogens is 330 g/mol. The molecule has 1 amide bonds. The smallest absolute Gasteiger partial charge is 0.226 e. The fourth-order valence-electron chi connectivity index (χ4n) is 4.71. The fraction of sp³-hybridized carbons (Fsp3) is 0.700. The molecule has 1 aliphatic heterocycles. The molecule has 5 heteroatoms. The molecular formula is C20H29N3OS. The molecule has 1 saturated heterocycles. The number of piperidine rings is 1. The lowest BCUT2D eigenvalue weighted by atomic mass is 9.91. The average molecular weight is 360 g/mol. The molecule has 2 fully saturated rings. The molecule has 0 bridgehead atoms. The van der Waals surface area contributed by atoms with E-state index in [1.54, 1.807) is 11.3 Å². The van der Waals surface area contributed by atoms with Crippen LogP contribution in [0.25, 0.3) is 0 Å². The van der Waals surface area contributed by atoms with Crippen molar-refractivity contribution in [3.63, 3.8) is 0 Å². The van der Waals surface area contributed by atoms with Crippen molar-refractivity contribution in [1.82, 2.24) is 14.8 Å². The topological polar surface area (TPSA) is 36.4 Å². The van der Waals surface area contributed by atoms with Gasteiger partial charge in [-0.05, 0) is 57.4 Å². The van der Waals surface area contributed by atoms with Crippen LogP contribution in [0.1, 0.15) is 56.4 Å². The molecule has 1 saturated carbocycles. The molecule has 0 N–H and O–H groups in total. The van der Waals surface area contributed by atoms with Gasteiger partial charge in [0.25, 0.3) is 0 Å². The van der Waals surface area contributed by atoms with Gasteiger partial charge < -0.3 is 4.90 Å². The van der Waals surface area contributed by atoms with Gasteiger partial charge in [0, 0.05) is 37.1 Å². The Morgan fingerprint density at radius 1 is 1.40 bits per heavy atom. The van der Waals surface area contributed by atoms with Crippen LogP contribution >= 0.6 is 11.3 Å². The van der Waals surface area contributed by atoms with E-state index in [1.807, 2.05) is 6.20 Å². The van der Waals surface area contributed by atoms with Crippen LogP contribution in [0, 0.1) is 5.41 Å². The van der Waals surface area contributed by atoms with Crippen molar-refractivity contribution in [2.75, 3.05) is 20.1 Å². The van der Waals surface area contributed by atoms with Gasteiger partial charge in [-0.3, -0.25) is 9.69 Å². The van der Waals surface area contributed by atoms with Gasteiger partial charge in [-0.15, -0.1) is 11.3 Å². The quantitative estimate of drug-likeness (QED) is 0.749. The van der Waals surface area contributed by atoms with E-state index in [2.05, 4.69) is 33.3 Å². The summed E-state index contributed by atoms with van der Waals surface area (Å²) in [6.45, 7) is 2.86. The number of thiazole rings is 1. The molecule has 4 rings (SSSR count). The van der Waals surface area contributed by atoms with Gasteiger partial charge >= 0.3 is 0 Å². The summed E-state index contributed by atoms with van der Waals surface area (Å²) < 4.78 is 0. The zero-order valence-electron chi connectivity index (χ0n) is 15.2. The van der Waals surface area contributed by atoms with Crippen molar-refractivity contribution in [2.24, 2.45) is 5.41 Å². The van der Waals surface area contributed by atoms with E-state index >= 15 is 0 Å². The van der Waals surface area contributed by atoms with Crippen LogP contribution < -0.4 is 0 Å². The highest BCUT2D eigenvalue weighted by atomic mass is 32.1. The first kappa shape index (κ1) is 17.2. The fourth-order valence-corrected chi connectivity index (χ4v) is 5.39. The predicted octanol–water partition coefficient (Wildman–Crippen LogP) is 3.85. The normalized spacial score (nSPS) is 25.3. The molecule has 1 spiro atoms. The van der Waals surface area contributed by atoms with E-state index in [0.29, 0.717) is 23.8 Å². The minimum Gasteiger partial charge on any atom is -0.342 e. The second-order valence-corrected chi connectivity index (χ2v) is 9.07. The van der Waals surface area contributed by atoms with Crippen LogP contribution in [0.5, 0.6) is 0 Å². The zero-order chi connectivity index (χ0) is 17.3. The number of carbonyl (C=O) groups excluding carboxylic acids is 1. The van der Waals surface area contributed by atoms with E-state index in [-0.39, 0.29) is 0 Å². The Labute approximate surface area is 154 Å². The van der Waals surface area contributed by atoms with Crippen LogP contribution in [0.3, 0.4) is 0 Å². The number of rotatable bonds is 5. The number of aromatic nitrogens is 1. The lowest BCUT2D eigenvalue weighted by molar-refractivity contribution is -0.132. The van der Waals surface area contributed by atoms with Gasteiger partial charge in [0.15, 0.2) is 0 Å². The number of amides is 1. The molecule has 3 aliphatic rings. The van der Waals surface area contributed by atoms with Crippen LogP contribution in [0.15, 0.2) is 23.2 Å². The summed E-state index contributed by atoms with van der Waals surface area (Å²) in [6, 6.07) is 0.676. The Balaban J connectivity index is 1.26. The summed E-state index contributed by atoms with van der Waals surface area (Å²) in [5.74, 6) is 0.358. The highest BCUT2D eigenvalue weighted by Crippen LogP contribution is 2.56. The lowest BCUT2D eigenvalue weighted by Gasteiger charge is -2.34. The van der Waals surface area contributed by atoms with Crippen LogP contribution in [-0.4, -0.2) is 46.9 Å².